The first kappa shape index (κ1) is 10.7. The SMILES string of the molecule is COC(=O)c1cc(Br)cc(C(N)=O)c1. The van der Waals surface area contributed by atoms with E-state index in [0.717, 1.165) is 0 Å². The molecule has 74 valence electrons. The van der Waals surface area contributed by atoms with Crippen LogP contribution in [0.2, 0.25) is 0 Å². The van der Waals surface area contributed by atoms with Crippen LogP contribution in [-0.4, -0.2) is 19.0 Å². The number of carbonyl (C=O) groups is 2. The van der Waals surface area contributed by atoms with Crippen LogP contribution in [0, 0.1) is 0 Å². The second-order valence-corrected chi connectivity index (χ2v) is 3.50. The molecule has 0 spiro atoms. The molecule has 2 N–H and O–H groups in total. The third-order valence-electron chi connectivity index (χ3n) is 1.60. The van der Waals surface area contributed by atoms with Crippen LogP contribution >= 0.6 is 15.9 Å². The molecule has 0 radical (unpaired) electrons. The maximum absolute atomic E-state index is 11.1. The largest absolute Gasteiger partial charge is 0.465 e. The normalized spacial score (nSPS) is 9.57. The van der Waals surface area contributed by atoms with Gasteiger partial charge in [-0.15, -0.1) is 0 Å². The highest BCUT2D eigenvalue weighted by Crippen LogP contribution is 2.16. The Bertz CT molecular complexity index is 390. The van der Waals surface area contributed by atoms with Gasteiger partial charge in [0.15, 0.2) is 0 Å². The number of esters is 1. The number of halogens is 1. The molecule has 0 aromatic heterocycles. The number of ether oxygens (including phenoxy) is 1. The summed E-state index contributed by atoms with van der Waals surface area (Å²) in [5.74, 6) is -1.09. The predicted octanol–water partition coefficient (Wildman–Crippen LogP) is 1.33. The molecule has 0 saturated heterocycles. The Labute approximate surface area is 89.2 Å². The standard InChI is InChI=1S/C9H8BrNO3/c1-14-9(13)6-2-5(8(11)12)3-7(10)4-6/h2-4H,1H3,(H2,11,12). The maximum atomic E-state index is 11.1. The van der Waals surface area contributed by atoms with Gasteiger partial charge in [0.2, 0.25) is 5.91 Å². The molecule has 0 saturated carbocycles. The van der Waals surface area contributed by atoms with Gasteiger partial charge in [0.1, 0.15) is 0 Å². The molecule has 1 amide bonds. The fourth-order valence-corrected chi connectivity index (χ4v) is 1.46. The average molecular weight is 258 g/mol. The van der Waals surface area contributed by atoms with E-state index >= 15 is 0 Å². The van der Waals surface area contributed by atoms with Crippen LogP contribution in [-0.2, 0) is 4.74 Å². The Kier molecular flexibility index (Phi) is 3.24. The molecule has 0 heterocycles. The molecule has 0 fully saturated rings. The van der Waals surface area contributed by atoms with Crippen molar-refractivity contribution in [2.75, 3.05) is 7.11 Å². The summed E-state index contributed by atoms with van der Waals surface area (Å²) in [5.41, 5.74) is 5.63. The van der Waals surface area contributed by atoms with Gasteiger partial charge in [-0.1, -0.05) is 15.9 Å². The first-order chi connectivity index (χ1) is 6.54. The molecule has 0 aliphatic carbocycles. The van der Waals surface area contributed by atoms with Gasteiger partial charge >= 0.3 is 5.97 Å². The fraction of sp³-hybridized carbons (Fsp3) is 0.111. The summed E-state index contributed by atoms with van der Waals surface area (Å²) in [5, 5.41) is 0. The summed E-state index contributed by atoms with van der Waals surface area (Å²) in [6.45, 7) is 0. The van der Waals surface area contributed by atoms with Crippen LogP contribution < -0.4 is 5.73 Å². The molecular formula is C9H8BrNO3. The average Bonchev–Trinajstić information content (AvgIpc) is 2.15. The van der Waals surface area contributed by atoms with Crippen LogP contribution in [0.4, 0.5) is 0 Å². The van der Waals surface area contributed by atoms with E-state index in [1.54, 1.807) is 6.07 Å². The van der Waals surface area contributed by atoms with E-state index in [0.29, 0.717) is 4.47 Å². The number of primary amides is 1. The zero-order chi connectivity index (χ0) is 10.7. The van der Waals surface area contributed by atoms with E-state index in [9.17, 15) is 9.59 Å². The fourth-order valence-electron chi connectivity index (χ4n) is 0.968. The van der Waals surface area contributed by atoms with E-state index in [2.05, 4.69) is 20.7 Å². The Morgan fingerprint density at radius 1 is 1.29 bits per heavy atom. The molecule has 5 heteroatoms. The number of rotatable bonds is 2. The number of benzene rings is 1. The lowest BCUT2D eigenvalue weighted by molar-refractivity contribution is 0.0600. The molecule has 0 unspecified atom stereocenters. The van der Waals surface area contributed by atoms with Gasteiger partial charge in [-0.25, -0.2) is 4.79 Å². The first-order valence-corrected chi connectivity index (χ1v) is 4.52. The third-order valence-corrected chi connectivity index (χ3v) is 2.06. The van der Waals surface area contributed by atoms with Gasteiger partial charge in [0.25, 0.3) is 0 Å². The van der Waals surface area contributed by atoms with E-state index in [1.165, 1.54) is 19.2 Å². The minimum absolute atomic E-state index is 0.264. The van der Waals surface area contributed by atoms with Crippen molar-refractivity contribution < 1.29 is 14.3 Å². The molecule has 14 heavy (non-hydrogen) atoms. The maximum Gasteiger partial charge on any atom is 0.337 e. The molecule has 0 aliphatic heterocycles. The lowest BCUT2D eigenvalue weighted by Gasteiger charge is -2.02. The number of nitrogens with two attached hydrogens (primary N) is 1. The molecular weight excluding hydrogens is 250 g/mol. The van der Waals surface area contributed by atoms with Crippen molar-refractivity contribution in [1.82, 2.24) is 0 Å². The molecule has 1 rings (SSSR count). The van der Waals surface area contributed by atoms with Crippen molar-refractivity contribution in [2.45, 2.75) is 0 Å². The van der Waals surface area contributed by atoms with Crippen molar-refractivity contribution in [3.8, 4) is 0 Å². The molecule has 1 aromatic carbocycles. The van der Waals surface area contributed by atoms with Crippen LogP contribution in [0.3, 0.4) is 0 Å². The van der Waals surface area contributed by atoms with Crippen LogP contribution in [0.25, 0.3) is 0 Å². The number of hydrogen-bond acceptors (Lipinski definition) is 3. The van der Waals surface area contributed by atoms with Crippen molar-refractivity contribution in [2.24, 2.45) is 5.73 Å². The minimum Gasteiger partial charge on any atom is -0.465 e. The number of amides is 1. The number of carbonyl (C=O) groups excluding carboxylic acids is 2. The summed E-state index contributed by atoms with van der Waals surface area (Å²) in [7, 11) is 1.27. The van der Waals surface area contributed by atoms with E-state index in [-0.39, 0.29) is 11.1 Å². The summed E-state index contributed by atoms with van der Waals surface area (Å²) in [6, 6.07) is 4.48. The Hall–Kier alpha value is -1.36. The predicted molar refractivity (Wildman–Crippen MR) is 54.0 cm³/mol. The van der Waals surface area contributed by atoms with Crippen LogP contribution in [0.15, 0.2) is 22.7 Å². The summed E-state index contributed by atoms with van der Waals surface area (Å²) < 4.78 is 5.12. The molecule has 1 aromatic rings. The second-order valence-electron chi connectivity index (χ2n) is 2.58. The van der Waals surface area contributed by atoms with Gasteiger partial charge in [-0.3, -0.25) is 4.79 Å². The van der Waals surface area contributed by atoms with Gasteiger partial charge in [0.05, 0.1) is 12.7 Å². The topological polar surface area (TPSA) is 69.4 Å². The van der Waals surface area contributed by atoms with Gasteiger partial charge < -0.3 is 10.5 Å². The highest BCUT2D eigenvalue weighted by Gasteiger charge is 2.10. The second kappa shape index (κ2) is 4.23. The lowest BCUT2D eigenvalue weighted by atomic mass is 10.1. The van der Waals surface area contributed by atoms with E-state index < -0.39 is 11.9 Å². The van der Waals surface area contributed by atoms with Gasteiger partial charge in [-0.05, 0) is 18.2 Å². The Morgan fingerprint density at radius 2 is 1.86 bits per heavy atom. The molecule has 0 aliphatic rings. The summed E-state index contributed by atoms with van der Waals surface area (Å²) in [6.07, 6.45) is 0. The van der Waals surface area contributed by atoms with E-state index in [1.807, 2.05) is 0 Å². The van der Waals surface area contributed by atoms with Gasteiger partial charge in [-0.2, -0.15) is 0 Å². The van der Waals surface area contributed by atoms with Crippen LogP contribution in [0.1, 0.15) is 20.7 Å². The molecule has 0 bridgehead atoms. The highest BCUT2D eigenvalue weighted by atomic mass is 79.9. The van der Waals surface area contributed by atoms with Crippen molar-refractivity contribution in [3.05, 3.63) is 33.8 Å². The zero-order valence-corrected chi connectivity index (χ0v) is 9.00. The Morgan fingerprint density at radius 3 is 2.36 bits per heavy atom. The van der Waals surface area contributed by atoms with E-state index in [4.69, 9.17) is 5.73 Å². The summed E-state index contributed by atoms with van der Waals surface area (Å²) >= 11 is 3.16. The lowest BCUT2D eigenvalue weighted by Crippen LogP contribution is -2.12. The number of hydrogen-bond donors (Lipinski definition) is 1. The van der Waals surface area contributed by atoms with Crippen molar-refractivity contribution in [1.29, 1.82) is 0 Å². The zero-order valence-electron chi connectivity index (χ0n) is 7.41. The Balaban J connectivity index is 3.20. The highest BCUT2D eigenvalue weighted by molar-refractivity contribution is 9.10. The quantitative estimate of drug-likeness (QED) is 0.813. The van der Waals surface area contributed by atoms with Gasteiger partial charge in [0, 0.05) is 10.0 Å². The van der Waals surface area contributed by atoms with Crippen molar-refractivity contribution >= 4 is 27.8 Å². The third kappa shape index (κ3) is 2.32. The summed E-state index contributed by atoms with van der Waals surface area (Å²) in [4.78, 5) is 22.0. The molecule has 4 nitrogen and oxygen atoms in total. The monoisotopic (exact) mass is 257 g/mol. The molecule has 0 atom stereocenters. The first-order valence-electron chi connectivity index (χ1n) is 3.73. The van der Waals surface area contributed by atoms with Crippen LogP contribution in [0.5, 0.6) is 0 Å². The minimum atomic E-state index is -0.587. The smallest absolute Gasteiger partial charge is 0.337 e. The van der Waals surface area contributed by atoms with Crippen molar-refractivity contribution in [3.63, 3.8) is 0 Å². The number of methoxy groups -OCH3 is 1.